The molecule has 0 unspecified atom stereocenters. The maximum absolute atomic E-state index is 11.1. The van der Waals surface area contributed by atoms with E-state index < -0.39 is 12.1 Å². The van der Waals surface area contributed by atoms with Crippen LogP contribution in [0.4, 0.5) is 10.6 Å². The summed E-state index contributed by atoms with van der Waals surface area (Å²) in [4.78, 5) is 29.0. The van der Waals surface area contributed by atoms with Gasteiger partial charge in [-0.1, -0.05) is 12.7 Å². The molecule has 0 radical (unpaired) electrons. The highest BCUT2D eigenvalue weighted by atomic mass is 16.5. The van der Waals surface area contributed by atoms with Crippen molar-refractivity contribution in [3.05, 3.63) is 30.7 Å². The van der Waals surface area contributed by atoms with Crippen LogP contribution in [-0.4, -0.2) is 33.7 Å². The summed E-state index contributed by atoms with van der Waals surface area (Å²) in [7, 11) is 0. The second-order valence-corrected chi connectivity index (χ2v) is 2.60. The molecule has 0 aromatic carbocycles. The van der Waals surface area contributed by atoms with Crippen molar-refractivity contribution in [2.75, 3.05) is 11.9 Å². The Kier molecular flexibility index (Phi) is 3.96. The van der Waals surface area contributed by atoms with Crippen molar-refractivity contribution in [1.82, 2.24) is 9.97 Å². The van der Waals surface area contributed by atoms with Gasteiger partial charge in [0.1, 0.15) is 18.5 Å². The van der Waals surface area contributed by atoms with Crippen LogP contribution in [0.3, 0.4) is 0 Å². The average molecular weight is 223 g/mol. The molecule has 0 atom stereocenters. The van der Waals surface area contributed by atoms with E-state index in [4.69, 9.17) is 5.11 Å². The number of nitrogens with one attached hydrogen (secondary N) is 1. The molecule has 1 heterocycles. The van der Waals surface area contributed by atoms with Crippen molar-refractivity contribution < 1.29 is 19.4 Å². The van der Waals surface area contributed by atoms with Gasteiger partial charge in [-0.25, -0.2) is 19.6 Å². The van der Waals surface area contributed by atoms with E-state index in [1.807, 2.05) is 0 Å². The SMILES string of the molecule is C=CCOC(=O)Nc1ncncc1C(=O)O. The van der Waals surface area contributed by atoms with Gasteiger partial charge in [-0.05, 0) is 0 Å². The lowest BCUT2D eigenvalue weighted by atomic mass is 10.3. The maximum Gasteiger partial charge on any atom is 0.413 e. The van der Waals surface area contributed by atoms with Crippen LogP contribution in [0.5, 0.6) is 0 Å². The highest BCUT2D eigenvalue weighted by Gasteiger charge is 2.13. The van der Waals surface area contributed by atoms with E-state index in [1.165, 1.54) is 6.08 Å². The number of ether oxygens (including phenoxy) is 1. The summed E-state index contributed by atoms with van der Waals surface area (Å²) in [5, 5.41) is 11.0. The monoisotopic (exact) mass is 223 g/mol. The molecule has 7 nitrogen and oxygen atoms in total. The van der Waals surface area contributed by atoms with Gasteiger partial charge in [0, 0.05) is 6.20 Å². The summed E-state index contributed by atoms with van der Waals surface area (Å²) < 4.78 is 4.61. The summed E-state index contributed by atoms with van der Waals surface area (Å²) in [5.41, 5.74) is -0.210. The van der Waals surface area contributed by atoms with Crippen molar-refractivity contribution >= 4 is 17.9 Å². The first kappa shape index (κ1) is 11.6. The molecule has 0 bridgehead atoms. The molecule has 16 heavy (non-hydrogen) atoms. The van der Waals surface area contributed by atoms with Gasteiger partial charge >= 0.3 is 12.1 Å². The number of carboxylic acid groups (broad SMARTS) is 1. The lowest BCUT2D eigenvalue weighted by molar-refractivity contribution is 0.0697. The largest absolute Gasteiger partial charge is 0.477 e. The first-order chi connectivity index (χ1) is 7.65. The fourth-order valence-corrected chi connectivity index (χ4v) is 0.853. The molecule has 1 amide bonds. The molecular formula is C9H9N3O4. The number of carbonyl (C=O) groups excluding carboxylic acids is 1. The van der Waals surface area contributed by atoms with Crippen LogP contribution in [0, 0.1) is 0 Å². The number of hydrogen-bond donors (Lipinski definition) is 2. The molecule has 0 aliphatic rings. The Hall–Kier alpha value is -2.44. The summed E-state index contributed by atoms with van der Waals surface area (Å²) >= 11 is 0. The van der Waals surface area contributed by atoms with Gasteiger partial charge in [-0.2, -0.15) is 0 Å². The minimum absolute atomic E-state index is 0.0271. The van der Waals surface area contributed by atoms with Crippen LogP contribution in [0.25, 0.3) is 0 Å². The maximum atomic E-state index is 11.1. The number of rotatable bonds is 4. The Morgan fingerprint density at radius 2 is 2.38 bits per heavy atom. The van der Waals surface area contributed by atoms with E-state index in [1.54, 1.807) is 0 Å². The van der Waals surface area contributed by atoms with E-state index in [0.717, 1.165) is 12.5 Å². The number of carbonyl (C=O) groups is 2. The zero-order valence-electron chi connectivity index (χ0n) is 8.21. The van der Waals surface area contributed by atoms with Crippen molar-refractivity contribution in [3.63, 3.8) is 0 Å². The molecule has 1 rings (SSSR count). The number of amides is 1. The van der Waals surface area contributed by atoms with Gasteiger partial charge in [0.2, 0.25) is 0 Å². The molecule has 0 spiro atoms. The number of carboxylic acids is 1. The lowest BCUT2D eigenvalue weighted by Gasteiger charge is -2.05. The number of anilines is 1. The Bertz CT molecular complexity index is 419. The number of aromatic carboxylic acids is 1. The van der Waals surface area contributed by atoms with Crippen LogP contribution in [0.1, 0.15) is 10.4 Å². The highest BCUT2D eigenvalue weighted by molar-refractivity contribution is 5.96. The summed E-state index contributed by atoms with van der Waals surface area (Å²) in [5.74, 6) is -1.35. The molecular weight excluding hydrogens is 214 g/mol. The third-order valence-corrected chi connectivity index (χ3v) is 1.50. The van der Waals surface area contributed by atoms with Crippen LogP contribution >= 0.6 is 0 Å². The molecule has 1 aromatic rings. The molecule has 0 aliphatic carbocycles. The molecule has 0 saturated heterocycles. The van der Waals surface area contributed by atoms with E-state index in [0.29, 0.717) is 0 Å². The van der Waals surface area contributed by atoms with Crippen LogP contribution in [-0.2, 0) is 4.74 Å². The Balaban J connectivity index is 2.76. The third-order valence-electron chi connectivity index (χ3n) is 1.50. The molecule has 0 saturated carbocycles. The lowest BCUT2D eigenvalue weighted by Crippen LogP contribution is -2.17. The standard InChI is InChI=1S/C9H9N3O4/c1-2-3-16-9(15)12-7-6(8(13)14)4-10-5-11-7/h2,4-5H,1,3H2,(H,13,14)(H,10,11,12,15). The Labute approximate surface area is 90.8 Å². The number of aromatic nitrogens is 2. The van der Waals surface area contributed by atoms with Gasteiger partial charge in [0.05, 0.1) is 0 Å². The third kappa shape index (κ3) is 3.05. The van der Waals surface area contributed by atoms with E-state index >= 15 is 0 Å². The Morgan fingerprint density at radius 3 is 3.00 bits per heavy atom. The molecule has 0 fully saturated rings. The predicted molar refractivity (Wildman–Crippen MR) is 54.2 cm³/mol. The smallest absolute Gasteiger partial charge is 0.413 e. The number of hydrogen-bond acceptors (Lipinski definition) is 5. The average Bonchev–Trinajstić information content (AvgIpc) is 2.27. The van der Waals surface area contributed by atoms with Crippen molar-refractivity contribution in [1.29, 1.82) is 0 Å². The van der Waals surface area contributed by atoms with Gasteiger partial charge in [-0.3, -0.25) is 5.32 Å². The molecule has 7 heteroatoms. The first-order valence-corrected chi connectivity index (χ1v) is 4.23. The van der Waals surface area contributed by atoms with Gasteiger partial charge < -0.3 is 9.84 Å². The zero-order chi connectivity index (χ0) is 12.0. The predicted octanol–water partition coefficient (Wildman–Crippen LogP) is 0.909. The summed E-state index contributed by atoms with van der Waals surface area (Å²) in [6.45, 7) is 3.39. The second kappa shape index (κ2) is 5.44. The van der Waals surface area contributed by atoms with Crippen LogP contribution in [0.2, 0.25) is 0 Å². The van der Waals surface area contributed by atoms with E-state index in [9.17, 15) is 9.59 Å². The fourth-order valence-electron chi connectivity index (χ4n) is 0.853. The van der Waals surface area contributed by atoms with Crippen LogP contribution < -0.4 is 5.32 Å². The normalized spacial score (nSPS) is 9.25. The second-order valence-electron chi connectivity index (χ2n) is 2.60. The molecule has 0 aliphatic heterocycles. The topological polar surface area (TPSA) is 101 Å². The van der Waals surface area contributed by atoms with Gasteiger partial charge in [0.25, 0.3) is 0 Å². The van der Waals surface area contributed by atoms with Crippen LogP contribution in [0.15, 0.2) is 25.2 Å². The zero-order valence-corrected chi connectivity index (χ0v) is 8.21. The molecule has 84 valence electrons. The summed E-state index contributed by atoms with van der Waals surface area (Å²) in [6, 6.07) is 0. The van der Waals surface area contributed by atoms with Crippen molar-refractivity contribution in [3.8, 4) is 0 Å². The number of nitrogens with zero attached hydrogens (tertiary/aromatic N) is 2. The Morgan fingerprint density at radius 1 is 1.62 bits per heavy atom. The van der Waals surface area contributed by atoms with Crippen molar-refractivity contribution in [2.24, 2.45) is 0 Å². The molecule has 2 N–H and O–H groups in total. The fraction of sp³-hybridized carbons (Fsp3) is 0.111. The minimum atomic E-state index is -1.24. The van der Waals surface area contributed by atoms with Crippen molar-refractivity contribution in [2.45, 2.75) is 0 Å². The molecule has 1 aromatic heterocycles. The van der Waals surface area contributed by atoms with Gasteiger partial charge in [-0.15, -0.1) is 0 Å². The highest BCUT2D eigenvalue weighted by Crippen LogP contribution is 2.09. The quantitative estimate of drug-likeness (QED) is 0.735. The van der Waals surface area contributed by atoms with E-state index in [2.05, 4.69) is 26.6 Å². The summed E-state index contributed by atoms with van der Waals surface area (Å²) in [6.07, 6.45) is 2.78. The van der Waals surface area contributed by atoms with Gasteiger partial charge in [0.15, 0.2) is 5.82 Å². The minimum Gasteiger partial charge on any atom is -0.477 e. The first-order valence-electron chi connectivity index (χ1n) is 4.23. The van der Waals surface area contributed by atoms with E-state index in [-0.39, 0.29) is 18.0 Å².